The van der Waals surface area contributed by atoms with Crippen LogP contribution in [-0.4, -0.2) is 29.3 Å². The van der Waals surface area contributed by atoms with Crippen molar-refractivity contribution in [3.63, 3.8) is 0 Å². The number of nitrogens with one attached hydrogen (secondary N) is 1. The number of carbonyl (C=O) groups excluding carboxylic acids is 1. The number of benzene rings is 1. The number of carbonyl (C=O) groups is 1. The van der Waals surface area contributed by atoms with E-state index in [1.54, 1.807) is 0 Å². The summed E-state index contributed by atoms with van der Waals surface area (Å²) < 4.78 is 0. The maximum absolute atomic E-state index is 12.0. The van der Waals surface area contributed by atoms with Crippen molar-refractivity contribution in [1.82, 2.24) is 5.32 Å². The fourth-order valence-electron chi connectivity index (χ4n) is 2.57. The first-order valence-electron chi connectivity index (χ1n) is 6.44. The molecule has 104 valence electrons. The minimum atomic E-state index is -0.361. The van der Waals surface area contributed by atoms with Crippen molar-refractivity contribution in [2.24, 2.45) is 5.41 Å². The third kappa shape index (κ3) is 3.19. The average Bonchev–Trinajstić information content (AvgIpc) is 2.88. The monoisotopic (exact) mass is 283 g/mol. The van der Waals surface area contributed by atoms with Gasteiger partial charge in [-0.3, -0.25) is 4.79 Å². The molecule has 3 N–H and O–H groups in total. The standard InChI is InChI=1S/C14H18ClNO3/c15-10-3-4-12(18)11(7-10)13(19)16-8-14(9-17)5-1-2-6-14/h3-4,7,17-18H,1-2,5-6,8-9H2,(H,16,19). The van der Waals surface area contributed by atoms with Crippen LogP contribution in [0.5, 0.6) is 5.75 Å². The molecule has 0 spiro atoms. The molecule has 0 heterocycles. The Balaban J connectivity index is 2.03. The van der Waals surface area contributed by atoms with Gasteiger partial charge in [0.05, 0.1) is 12.2 Å². The lowest BCUT2D eigenvalue weighted by molar-refractivity contribution is 0.0878. The van der Waals surface area contributed by atoms with Crippen LogP contribution in [0.4, 0.5) is 0 Å². The first-order valence-corrected chi connectivity index (χ1v) is 6.82. The summed E-state index contributed by atoms with van der Waals surface area (Å²) in [6.07, 6.45) is 4.01. The normalized spacial score (nSPS) is 17.4. The highest BCUT2D eigenvalue weighted by atomic mass is 35.5. The van der Waals surface area contributed by atoms with Gasteiger partial charge in [-0.25, -0.2) is 0 Å². The van der Waals surface area contributed by atoms with Gasteiger partial charge in [-0.1, -0.05) is 24.4 Å². The number of halogens is 1. The number of aromatic hydroxyl groups is 1. The van der Waals surface area contributed by atoms with Gasteiger partial charge in [-0.05, 0) is 31.0 Å². The van der Waals surface area contributed by atoms with Gasteiger partial charge in [-0.2, -0.15) is 0 Å². The predicted octanol–water partition coefficient (Wildman–Crippen LogP) is 2.33. The molecule has 19 heavy (non-hydrogen) atoms. The zero-order chi connectivity index (χ0) is 13.9. The smallest absolute Gasteiger partial charge is 0.255 e. The number of amides is 1. The van der Waals surface area contributed by atoms with E-state index in [1.807, 2.05) is 0 Å². The topological polar surface area (TPSA) is 69.6 Å². The molecule has 0 aliphatic heterocycles. The molecule has 1 aromatic rings. The number of phenolic OH excluding ortho intramolecular Hbond substituents is 1. The molecule has 5 heteroatoms. The number of aliphatic hydroxyl groups is 1. The van der Waals surface area contributed by atoms with Gasteiger partial charge >= 0.3 is 0 Å². The molecule has 0 saturated heterocycles. The van der Waals surface area contributed by atoms with Crippen molar-refractivity contribution in [3.05, 3.63) is 28.8 Å². The van der Waals surface area contributed by atoms with Crippen LogP contribution in [0.3, 0.4) is 0 Å². The van der Waals surface area contributed by atoms with E-state index in [-0.39, 0.29) is 29.2 Å². The van der Waals surface area contributed by atoms with Gasteiger partial charge in [0.1, 0.15) is 5.75 Å². The second-order valence-corrected chi connectivity index (χ2v) is 5.65. The van der Waals surface area contributed by atoms with Crippen LogP contribution < -0.4 is 5.32 Å². The van der Waals surface area contributed by atoms with E-state index in [2.05, 4.69) is 5.32 Å². The lowest BCUT2D eigenvalue weighted by Gasteiger charge is -2.26. The van der Waals surface area contributed by atoms with E-state index in [4.69, 9.17) is 11.6 Å². The molecule has 0 unspecified atom stereocenters. The van der Waals surface area contributed by atoms with Crippen molar-refractivity contribution in [3.8, 4) is 5.75 Å². The Hall–Kier alpha value is -1.26. The van der Waals surface area contributed by atoms with E-state index in [1.165, 1.54) is 18.2 Å². The third-order valence-electron chi connectivity index (χ3n) is 3.83. The number of rotatable bonds is 4. The van der Waals surface area contributed by atoms with Gasteiger partial charge in [0.15, 0.2) is 0 Å². The van der Waals surface area contributed by atoms with Gasteiger partial charge in [-0.15, -0.1) is 0 Å². The second kappa shape index (κ2) is 5.80. The Morgan fingerprint density at radius 3 is 2.68 bits per heavy atom. The summed E-state index contributed by atoms with van der Waals surface area (Å²) in [6, 6.07) is 4.36. The van der Waals surface area contributed by atoms with Crippen LogP contribution >= 0.6 is 11.6 Å². The largest absolute Gasteiger partial charge is 0.507 e. The van der Waals surface area contributed by atoms with Crippen LogP contribution in [0.25, 0.3) is 0 Å². The summed E-state index contributed by atoms with van der Waals surface area (Å²) in [5.41, 5.74) is -0.0392. The third-order valence-corrected chi connectivity index (χ3v) is 4.06. The quantitative estimate of drug-likeness (QED) is 0.794. The molecule has 0 radical (unpaired) electrons. The lowest BCUT2D eigenvalue weighted by Crippen LogP contribution is -2.38. The second-order valence-electron chi connectivity index (χ2n) is 5.21. The minimum absolute atomic E-state index is 0.0782. The molecule has 4 nitrogen and oxygen atoms in total. The molecule has 2 rings (SSSR count). The molecule has 0 aromatic heterocycles. The van der Waals surface area contributed by atoms with Crippen LogP contribution in [-0.2, 0) is 0 Å². The van der Waals surface area contributed by atoms with E-state index in [9.17, 15) is 15.0 Å². The highest BCUT2D eigenvalue weighted by molar-refractivity contribution is 6.31. The van der Waals surface area contributed by atoms with E-state index < -0.39 is 0 Å². The van der Waals surface area contributed by atoms with Gasteiger partial charge < -0.3 is 15.5 Å². The van der Waals surface area contributed by atoms with Crippen LogP contribution in [0.1, 0.15) is 36.0 Å². The Morgan fingerprint density at radius 2 is 2.05 bits per heavy atom. The summed E-state index contributed by atoms with van der Waals surface area (Å²) in [4.78, 5) is 12.0. The number of aliphatic hydroxyl groups excluding tert-OH is 1. The molecule has 0 atom stereocenters. The molecule has 1 saturated carbocycles. The van der Waals surface area contributed by atoms with E-state index in [0.29, 0.717) is 11.6 Å². The Labute approximate surface area is 117 Å². The summed E-state index contributed by atoms with van der Waals surface area (Å²) in [7, 11) is 0. The fourth-order valence-corrected chi connectivity index (χ4v) is 2.74. The number of hydrogen-bond acceptors (Lipinski definition) is 3. The van der Waals surface area contributed by atoms with Crippen molar-refractivity contribution >= 4 is 17.5 Å². The highest BCUT2D eigenvalue weighted by Crippen LogP contribution is 2.37. The highest BCUT2D eigenvalue weighted by Gasteiger charge is 2.33. The van der Waals surface area contributed by atoms with Gasteiger partial charge in [0, 0.05) is 17.0 Å². The fraction of sp³-hybridized carbons (Fsp3) is 0.500. The minimum Gasteiger partial charge on any atom is -0.507 e. The maximum Gasteiger partial charge on any atom is 0.255 e. The van der Waals surface area contributed by atoms with E-state index in [0.717, 1.165) is 25.7 Å². The van der Waals surface area contributed by atoms with Crippen LogP contribution in [0, 0.1) is 5.41 Å². The van der Waals surface area contributed by atoms with Crippen molar-refractivity contribution in [2.45, 2.75) is 25.7 Å². The molecular weight excluding hydrogens is 266 g/mol. The molecule has 1 aliphatic carbocycles. The molecule has 0 bridgehead atoms. The molecular formula is C14H18ClNO3. The van der Waals surface area contributed by atoms with Crippen molar-refractivity contribution < 1.29 is 15.0 Å². The van der Waals surface area contributed by atoms with Gasteiger partial charge in [0.2, 0.25) is 0 Å². The summed E-state index contributed by atoms with van der Waals surface area (Å²) >= 11 is 5.81. The number of hydrogen-bond donors (Lipinski definition) is 3. The first-order chi connectivity index (χ1) is 9.06. The summed E-state index contributed by atoms with van der Waals surface area (Å²) in [6.45, 7) is 0.503. The predicted molar refractivity (Wildman–Crippen MR) is 73.4 cm³/mol. The van der Waals surface area contributed by atoms with E-state index >= 15 is 0 Å². The zero-order valence-electron chi connectivity index (χ0n) is 10.7. The molecule has 1 aromatic carbocycles. The maximum atomic E-state index is 12.0. The molecule has 1 amide bonds. The van der Waals surface area contributed by atoms with Crippen LogP contribution in [0.2, 0.25) is 5.02 Å². The summed E-state index contributed by atoms with van der Waals surface area (Å²) in [5, 5.41) is 22.3. The first kappa shape index (κ1) is 14.2. The lowest BCUT2D eigenvalue weighted by atomic mass is 9.87. The molecule has 1 fully saturated rings. The number of phenols is 1. The Morgan fingerprint density at radius 1 is 1.37 bits per heavy atom. The summed E-state index contributed by atoms with van der Waals surface area (Å²) in [5.74, 6) is -0.453. The van der Waals surface area contributed by atoms with Crippen molar-refractivity contribution in [1.29, 1.82) is 0 Å². The van der Waals surface area contributed by atoms with Crippen LogP contribution in [0.15, 0.2) is 18.2 Å². The SMILES string of the molecule is O=C(NCC1(CO)CCCC1)c1cc(Cl)ccc1O. The van der Waals surface area contributed by atoms with Crippen molar-refractivity contribution in [2.75, 3.05) is 13.2 Å². The Kier molecular flexibility index (Phi) is 4.32. The zero-order valence-corrected chi connectivity index (χ0v) is 11.4. The van der Waals surface area contributed by atoms with Gasteiger partial charge in [0.25, 0.3) is 5.91 Å². The average molecular weight is 284 g/mol. The Bertz CT molecular complexity index is 470. The molecule has 1 aliphatic rings.